The van der Waals surface area contributed by atoms with Crippen molar-refractivity contribution in [2.45, 2.75) is 69.8 Å². The van der Waals surface area contributed by atoms with Crippen molar-refractivity contribution in [2.75, 3.05) is 6.61 Å². The number of carbonyl (C=O) groups excluding carboxylic acids is 1. The number of ketones is 1. The summed E-state index contributed by atoms with van der Waals surface area (Å²) in [7, 11) is 0. The average Bonchev–Trinajstić information content (AvgIpc) is 3.15. The van der Waals surface area contributed by atoms with E-state index in [2.05, 4.69) is 0 Å². The Balaban J connectivity index is 1.30. The number of rotatable bonds is 17. The van der Waals surface area contributed by atoms with Crippen LogP contribution in [0.5, 0.6) is 0 Å². The first-order valence-electron chi connectivity index (χ1n) is 17.0. The van der Waals surface area contributed by atoms with E-state index in [-0.39, 0.29) is 18.8 Å². The highest BCUT2D eigenvalue weighted by Gasteiger charge is 2.48. The molecule has 0 aromatic heterocycles. The van der Waals surface area contributed by atoms with Gasteiger partial charge in [0, 0.05) is 12.8 Å². The first-order chi connectivity index (χ1) is 24.2. The van der Waals surface area contributed by atoms with Gasteiger partial charge in [-0.25, -0.2) is 0 Å². The Hall–Kier alpha value is -4.43. The van der Waals surface area contributed by atoms with Crippen LogP contribution in [0.2, 0.25) is 0 Å². The molecular formula is C43H44O6. The van der Waals surface area contributed by atoms with E-state index in [1.54, 1.807) is 0 Å². The molecule has 0 N–H and O–H groups in total. The Kier molecular flexibility index (Phi) is 12.9. The minimum absolute atomic E-state index is 0.0685. The van der Waals surface area contributed by atoms with E-state index in [1.165, 1.54) is 0 Å². The molecule has 49 heavy (non-hydrogen) atoms. The number of hydrogen-bond donors (Lipinski definition) is 0. The SMILES string of the molecule is O=C(Cc1ccccc1)C[C@@H]1O[C@H](COCc2ccccc2)[C@@H](OCc2ccccc2)[C@H](OCc2ccccc2)[C@H]1OCc1ccccc1. The molecule has 0 radical (unpaired) electrons. The second-order valence-electron chi connectivity index (χ2n) is 12.4. The highest BCUT2D eigenvalue weighted by molar-refractivity contribution is 5.81. The molecule has 5 atom stereocenters. The zero-order chi connectivity index (χ0) is 33.5. The van der Waals surface area contributed by atoms with Gasteiger partial charge < -0.3 is 23.7 Å². The highest BCUT2D eigenvalue weighted by Crippen LogP contribution is 2.33. The predicted molar refractivity (Wildman–Crippen MR) is 190 cm³/mol. The summed E-state index contributed by atoms with van der Waals surface area (Å²) >= 11 is 0. The van der Waals surface area contributed by atoms with Crippen LogP contribution in [0.15, 0.2) is 152 Å². The van der Waals surface area contributed by atoms with Gasteiger partial charge in [0.05, 0.1) is 39.1 Å². The summed E-state index contributed by atoms with van der Waals surface area (Å²) in [6.07, 6.45) is -2.30. The fourth-order valence-corrected chi connectivity index (χ4v) is 6.17. The third-order valence-electron chi connectivity index (χ3n) is 8.65. The molecule has 1 saturated heterocycles. The van der Waals surface area contributed by atoms with Gasteiger partial charge in [-0.05, 0) is 27.8 Å². The Morgan fingerprint density at radius 1 is 0.449 bits per heavy atom. The van der Waals surface area contributed by atoms with Gasteiger partial charge in [-0.1, -0.05) is 152 Å². The average molecular weight is 657 g/mol. The standard InChI is InChI=1S/C43H44O6/c44-38(26-33-16-6-1-7-17-33)27-39-41(46-29-35-20-10-3-11-21-35)43(48-31-37-24-14-5-15-25-37)42(47-30-36-22-12-4-13-23-36)40(49-39)32-45-28-34-18-8-2-9-19-34/h1-25,39-43H,26-32H2/t39-,40+,41-,42+,43+/m0/s1. The largest absolute Gasteiger partial charge is 0.374 e. The van der Waals surface area contributed by atoms with Crippen molar-refractivity contribution in [1.29, 1.82) is 0 Å². The van der Waals surface area contributed by atoms with Crippen molar-refractivity contribution >= 4 is 5.78 Å². The van der Waals surface area contributed by atoms with Crippen LogP contribution in [0.4, 0.5) is 0 Å². The monoisotopic (exact) mass is 656 g/mol. The molecule has 5 aromatic carbocycles. The van der Waals surface area contributed by atoms with E-state index in [9.17, 15) is 4.79 Å². The van der Waals surface area contributed by atoms with Crippen molar-refractivity contribution < 1.29 is 28.5 Å². The molecule has 1 fully saturated rings. The fraction of sp³-hybridized carbons (Fsp3) is 0.279. The van der Waals surface area contributed by atoms with Crippen molar-refractivity contribution in [3.8, 4) is 0 Å². The molecule has 252 valence electrons. The van der Waals surface area contributed by atoms with Gasteiger partial charge in [0.25, 0.3) is 0 Å². The summed E-state index contributed by atoms with van der Waals surface area (Å²) in [5.41, 5.74) is 5.12. The zero-order valence-corrected chi connectivity index (χ0v) is 27.7. The molecule has 0 bridgehead atoms. The van der Waals surface area contributed by atoms with Crippen LogP contribution in [0.1, 0.15) is 34.2 Å². The fourth-order valence-electron chi connectivity index (χ4n) is 6.17. The second kappa shape index (κ2) is 18.4. The van der Waals surface area contributed by atoms with Gasteiger partial charge in [0.2, 0.25) is 0 Å². The van der Waals surface area contributed by atoms with E-state index in [4.69, 9.17) is 23.7 Å². The lowest BCUT2D eigenvalue weighted by Gasteiger charge is -2.46. The molecule has 6 rings (SSSR count). The molecular weight excluding hydrogens is 612 g/mol. The molecule has 1 aliphatic heterocycles. The van der Waals surface area contributed by atoms with Crippen LogP contribution in [-0.4, -0.2) is 42.9 Å². The number of hydrogen-bond acceptors (Lipinski definition) is 6. The molecule has 0 saturated carbocycles. The van der Waals surface area contributed by atoms with Crippen LogP contribution >= 0.6 is 0 Å². The van der Waals surface area contributed by atoms with E-state index < -0.39 is 30.5 Å². The van der Waals surface area contributed by atoms with E-state index >= 15 is 0 Å². The van der Waals surface area contributed by atoms with Crippen LogP contribution < -0.4 is 0 Å². The zero-order valence-electron chi connectivity index (χ0n) is 27.7. The number of benzene rings is 5. The summed E-state index contributed by atoms with van der Waals surface area (Å²) in [6, 6.07) is 50.0. The van der Waals surface area contributed by atoms with Gasteiger partial charge in [0.15, 0.2) is 0 Å². The van der Waals surface area contributed by atoms with E-state index in [0.717, 1.165) is 27.8 Å². The van der Waals surface area contributed by atoms with Crippen LogP contribution in [0, 0.1) is 0 Å². The summed E-state index contributed by atoms with van der Waals surface area (Å²) in [4.78, 5) is 13.6. The third kappa shape index (κ3) is 10.5. The third-order valence-corrected chi connectivity index (χ3v) is 8.65. The Morgan fingerprint density at radius 3 is 1.27 bits per heavy atom. The van der Waals surface area contributed by atoms with E-state index in [1.807, 2.05) is 152 Å². The number of ether oxygens (including phenoxy) is 5. The maximum atomic E-state index is 13.6. The lowest BCUT2D eigenvalue weighted by Crippen LogP contribution is -2.61. The molecule has 1 heterocycles. The van der Waals surface area contributed by atoms with Gasteiger partial charge in [-0.15, -0.1) is 0 Å². The molecule has 0 amide bonds. The van der Waals surface area contributed by atoms with Crippen LogP contribution in [0.25, 0.3) is 0 Å². The molecule has 0 spiro atoms. The lowest BCUT2D eigenvalue weighted by molar-refractivity contribution is -0.272. The summed E-state index contributed by atoms with van der Waals surface area (Å²) in [5, 5.41) is 0. The van der Waals surface area contributed by atoms with Gasteiger partial charge in [-0.3, -0.25) is 4.79 Å². The van der Waals surface area contributed by atoms with Crippen molar-refractivity contribution in [3.63, 3.8) is 0 Å². The quantitative estimate of drug-likeness (QED) is 0.101. The maximum Gasteiger partial charge on any atom is 0.139 e. The highest BCUT2D eigenvalue weighted by atomic mass is 16.6. The Morgan fingerprint density at radius 2 is 0.816 bits per heavy atom. The topological polar surface area (TPSA) is 63.2 Å². The summed E-state index contributed by atoms with van der Waals surface area (Å²) in [6.45, 7) is 1.73. The normalized spacial score (nSPS) is 20.5. The first kappa shape index (κ1) is 34.4. The molecule has 0 unspecified atom stereocenters. The minimum atomic E-state index is -0.588. The lowest BCUT2D eigenvalue weighted by atomic mass is 9.90. The Labute approximate surface area is 289 Å². The molecule has 1 aliphatic rings. The van der Waals surface area contributed by atoms with E-state index in [0.29, 0.717) is 32.8 Å². The number of Topliss-reactive ketones (excluding diaryl/α,β-unsaturated/α-hetero) is 1. The van der Waals surface area contributed by atoms with Crippen LogP contribution in [0.3, 0.4) is 0 Å². The molecule has 5 aromatic rings. The van der Waals surface area contributed by atoms with Crippen molar-refractivity contribution in [1.82, 2.24) is 0 Å². The van der Waals surface area contributed by atoms with Crippen molar-refractivity contribution in [3.05, 3.63) is 179 Å². The van der Waals surface area contributed by atoms with Crippen LogP contribution in [-0.2, 0) is 61.3 Å². The summed E-state index contributed by atoms with van der Waals surface area (Å²) in [5.74, 6) is 0.0685. The minimum Gasteiger partial charge on any atom is -0.374 e. The van der Waals surface area contributed by atoms with Gasteiger partial charge in [0.1, 0.15) is 30.2 Å². The smallest absolute Gasteiger partial charge is 0.139 e. The van der Waals surface area contributed by atoms with Crippen molar-refractivity contribution in [2.24, 2.45) is 0 Å². The van der Waals surface area contributed by atoms with Gasteiger partial charge >= 0.3 is 0 Å². The van der Waals surface area contributed by atoms with Gasteiger partial charge in [-0.2, -0.15) is 0 Å². The first-order valence-corrected chi connectivity index (χ1v) is 17.0. The number of carbonyl (C=O) groups is 1. The predicted octanol–water partition coefficient (Wildman–Crippen LogP) is 7.93. The summed E-state index contributed by atoms with van der Waals surface area (Å²) < 4.78 is 33.4. The molecule has 0 aliphatic carbocycles. The maximum absolute atomic E-state index is 13.6. The second-order valence-corrected chi connectivity index (χ2v) is 12.4. The molecule has 6 heteroatoms. The Bertz CT molecular complexity index is 1650. The molecule has 6 nitrogen and oxygen atoms in total.